The topological polar surface area (TPSA) is 44.8 Å². The molecule has 0 aromatic carbocycles. The van der Waals surface area contributed by atoms with Gasteiger partial charge in [0.1, 0.15) is 0 Å². The van der Waals surface area contributed by atoms with E-state index in [-0.39, 0.29) is 11.6 Å². The van der Waals surface area contributed by atoms with Crippen molar-refractivity contribution in [3.05, 3.63) is 0 Å². The second-order valence-electron chi connectivity index (χ2n) is 5.72. The summed E-state index contributed by atoms with van der Waals surface area (Å²) in [7, 11) is 1.47. The molecule has 0 aliphatic carbocycles. The molecule has 2 aliphatic heterocycles. The second-order valence-corrected chi connectivity index (χ2v) is 5.72. The van der Waals surface area contributed by atoms with E-state index in [1.165, 1.54) is 13.5 Å². The van der Waals surface area contributed by atoms with Crippen LogP contribution in [0.4, 0.5) is 4.79 Å². The van der Waals surface area contributed by atoms with Gasteiger partial charge in [0.05, 0.1) is 12.6 Å². The van der Waals surface area contributed by atoms with Gasteiger partial charge in [0.2, 0.25) is 0 Å². The van der Waals surface area contributed by atoms with Crippen LogP contribution in [0.5, 0.6) is 0 Å². The van der Waals surface area contributed by atoms with E-state index in [0.29, 0.717) is 6.04 Å². The predicted octanol–water partition coefficient (Wildman–Crippen LogP) is 0.901. The lowest BCUT2D eigenvalue weighted by molar-refractivity contribution is -0.0148. The van der Waals surface area contributed by atoms with Gasteiger partial charge in [-0.3, -0.25) is 4.90 Å². The number of nitrogens with one attached hydrogen (secondary N) is 1. The van der Waals surface area contributed by atoms with Crippen molar-refractivity contribution < 1.29 is 9.53 Å². The number of likely N-dealkylation sites (tertiary alicyclic amines) is 1. The molecule has 0 aromatic rings. The first-order valence-corrected chi connectivity index (χ1v) is 6.87. The highest BCUT2D eigenvalue weighted by Gasteiger charge is 2.44. The van der Waals surface area contributed by atoms with E-state index in [2.05, 4.69) is 24.1 Å². The Balaban J connectivity index is 2.12. The van der Waals surface area contributed by atoms with Crippen LogP contribution in [0.1, 0.15) is 26.7 Å². The summed E-state index contributed by atoms with van der Waals surface area (Å²) in [6.07, 6.45) is 2.04. The fraction of sp³-hybridized carbons (Fsp3) is 0.923. The lowest BCUT2D eigenvalue weighted by Crippen LogP contribution is -2.65. The normalized spacial score (nSPS) is 29.1. The molecule has 2 aliphatic rings. The maximum atomic E-state index is 11.9. The van der Waals surface area contributed by atoms with Crippen LogP contribution in [-0.2, 0) is 4.74 Å². The highest BCUT2D eigenvalue weighted by Crippen LogP contribution is 2.32. The van der Waals surface area contributed by atoms with Crippen LogP contribution < -0.4 is 5.32 Å². The zero-order chi connectivity index (χ0) is 13.2. The SMILES string of the molecule is COC(=O)N1CCCC(N2CCNCC2)C1(C)C. The van der Waals surface area contributed by atoms with E-state index >= 15 is 0 Å². The Morgan fingerprint density at radius 3 is 2.56 bits per heavy atom. The summed E-state index contributed by atoms with van der Waals surface area (Å²) in [5.41, 5.74) is -0.150. The number of piperazine rings is 1. The highest BCUT2D eigenvalue weighted by molar-refractivity contribution is 5.68. The molecule has 2 heterocycles. The molecule has 1 unspecified atom stereocenters. The Hall–Kier alpha value is -0.810. The molecule has 5 heteroatoms. The van der Waals surface area contributed by atoms with Gasteiger partial charge in [-0.2, -0.15) is 0 Å². The van der Waals surface area contributed by atoms with Gasteiger partial charge in [0, 0.05) is 38.8 Å². The molecule has 2 rings (SSSR count). The van der Waals surface area contributed by atoms with E-state index < -0.39 is 0 Å². The highest BCUT2D eigenvalue weighted by atomic mass is 16.5. The number of piperidine rings is 1. The third-order valence-electron chi connectivity index (χ3n) is 4.36. The van der Waals surface area contributed by atoms with E-state index in [9.17, 15) is 4.79 Å². The summed E-state index contributed by atoms with van der Waals surface area (Å²) in [4.78, 5) is 16.3. The fourth-order valence-corrected chi connectivity index (χ4v) is 3.32. The van der Waals surface area contributed by atoms with E-state index in [4.69, 9.17) is 4.74 Å². The Kier molecular flexibility index (Phi) is 4.12. The first-order chi connectivity index (χ1) is 8.57. The van der Waals surface area contributed by atoms with Gasteiger partial charge in [-0.05, 0) is 26.7 Å². The summed E-state index contributed by atoms with van der Waals surface area (Å²) in [5, 5.41) is 3.38. The van der Waals surface area contributed by atoms with Crippen LogP contribution in [0.3, 0.4) is 0 Å². The summed E-state index contributed by atoms with van der Waals surface area (Å²) in [6.45, 7) is 9.37. The minimum Gasteiger partial charge on any atom is -0.453 e. The molecule has 0 spiro atoms. The van der Waals surface area contributed by atoms with Gasteiger partial charge < -0.3 is 15.0 Å². The molecule has 2 saturated heterocycles. The van der Waals surface area contributed by atoms with Gasteiger partial charge >= 0.3 is 6.09 Å². The molecule has 5 nitrogen and oxygen atoms in total. The number of methoxy groups -OCH3 is 1. The van der Waals surface area contributed by atoms with Crippen LogP contribution in [0.15, 0.2) is 0 Å². The smallest absolute Gasteiger partial charge is 0.409 e. The number of rotatable bonds is 1. The first-order valence-electron chi connectivity index (χ1n) is 6.87. The Morgan fingerprint density at radius 1 is 1.28 bits per heavy atom. The maximum Gasteiger partial charge on any atom is 0.409 e. The number of amides is 1. The van der Waals surface area contributed by atoms with Crippen molar-refractivity contribution in [3.8, 4) is 0 Å². The van der Waals surface area contributed by atoms with Gasteiger partial charge in [0.25, 0.3) is 0 Å². The van der Waals surface area contributed by atoms with Crippen LogP contribution in [0.25, 0.3) is 0 Å². The predicted molar refractivity (Wildman–Crippen MR) is 70.7 cm³/mol. The zero-order valence-electron chi connectivity index (χ0n) is 11.7. The molecule has 1 N–H and O–H groups in total. The molecule has 0 bridgehead atoms. The molecule has 104 valence electrons. The monoisotopic (exact) mass is 255 g/mol. The van der Waals surface area contributed by atoms with Crippen LogP contribution in [0, 0.1) is 0 Å². The number of ether oxygens (including phenoxy) is 1. The maximum absolute atomic E-state index is 11.9. The molecule has 0 aromatic heterocycles. The van der Waals surface area contributed by atoms with Gasteiger partial charge in [-0.15, -0.1) is 0 Å². The van der Waals surface area contributed by atoms with Crippen molar-refractivity contribution >= 4 is 6.09 Å². The van der Waals surface area contributed by atoms with Crippen molar-refractivity contribution in [1.82, 2.24) is 15.1 Å². The minimum atomic E-state index is -0.195. The Labute approximate surface area is 109 Å². The Morgan fingerprint density at radius 2 is 1.94 bits per heavy atom. The quantitative estimate of drug-likeness (QED) is 0.756. The number of hydrogen-bond acceptors (Lipinski definition) is 4. The van der Waals surface area contributed by atoms with Crippen molar-refractivity contribution in [2.24, 2.45) is 0 Å². The molecule has 1 atom stereocenters. The third kappa shape index (κ3) is 2.47. The van der Waals surface area contributed by atoms with Crippen molar-refractivity contribution in [3.63, 3.8) is 0 Å². The standard InChI is InChI=1S/C13H25N3O2/c1-13(2)11(15-9-6-14-7-10-15)5-4-8-16(13)12(17)18-3/h11,14H,4-10H2,1-3H3. The molecule has 0 saturated carbocycles. The van der Waals surface area contributed by atoms with E-state index in [0.717, 1.165) is 39.1 Å². The van der Waals surface area contributed by atoms with Crippen molar-refractivity contribution in [2.45, 2.75) is 38.3 Å². The summed E-state index contributed by atoms with van der Waals surface area (Å²) in [6, 6.07) is 0.437. The molecule has 1 amide bonds. The third-order valence-corrected chi connectivity index (χ3v) is 4.36. The number of nitrogens with zero attached hydrogens (tertiary/aromatic N) is 2. The van der Waals surface area contributed by atoms with Gasteiger partial charge in [-0.25, -0.2) is 4.79 Å². The lowest BCUT2D eigenvalue weighted by atomic mass is 9.83. The average Bonchev–Trinajstić information content (AvgIpc) is 2.38. The summed E-state index contributed by atoms with van der Waals surface area (Å²) >= 11 is 0. The van der Waals surface area contributed by atoms with Crippen molar-refractivity contribution in [1.29, 1.82) is 0 Å². The van der Waals surface area contributed by atoms with Crippen LogP contribution in [-0.4, -0.2) is 67.3 Å². The number of hydrogen-bond donors (Lipinski definition) is 1. The van der Waals surface area contributed by atoms with Crippen molar-refractivity contribution in [2.75, 3.05) is 39.8 Å². The summed E-state index contributed by atoms with van der Waals surface area (Å²) < 4.78 is 4.92. The molecule has 0 radical (unpaired) electrons. The molecule has 18 heavy (non-hydrogen) atoms. The van der Waals surface area contributed by atoms with Crippen LogP contribution >= 0.6 is 0 Å². The molecular formula is C13H25N3O2. The Bertz CT molecular complexity index is 301. The van der Waals surface area contributed by atoms with E-state index in [1.54, 1.807) is 0 Å². The zero-order valence-corrected chi connectivity index (χ0v) is 11.7. The molecular weight excluding hydrogens is 230 g/mol. The lowest BCUT2D eigenvalue weighted by Gasteiger charge is -2.52. The molecule has 2 fully saturated rings. The summed E-state index contributed by atoms with van der Waals surface area (Å²) in [5.74, 6) is 0. The second kappa shape index (κ2) is 5.45. The number of carbonyl (C=O) groups excluding carboxylic acids is 1. The minimum absolute atomic E-state index is 0.150. The van der Waals surface area contributed by atoms with Gasteiger partial charge in [0.15, 0.2) is 0 Å². The number of carbonyl (C=O) groups is 1. The van der Waals surface area contributed by atoms with Gasteiger partial charge in [-0.1, -0.05) is 0 Å². The fourth-order valence-electron chi connectivity index (χ4n) is 3.32. The first kappa shape index (κ1) is 13.6. The van der Waals surface area contributed by atoms with E-state index in [1.807, 2.05) is 4.90 Å². The van der Waals surface area contributed by atoms with Crippen LogP contribution in [0.2, 0.25) is 0 Å². The average molecular weight is 255 g/mol. The largest absolute Gasteiger partial charge is 0.453 e.